The number of aromatic nitrogens is 3. The standard InChI is InChI=1S/C8H16N4S/c1-3-13-5-7(9)4-8-10-6-11-12(8)2/h6-7H,3-5,9H2,1-2H3. The van der Waals surface area contributed by atoms with E-state index >= 15 is 0 Å². The second kappa shape index (κ2) is 5.24. The molecule has 0 fully saturated rings. The highest BCUT2D eigenvalue weighted by Gasteiger charge is 2.07. The lowest BCUT2D eigenvalue weighted by Gasteiger charge is -2.09. The Morgan fingerprint density at radius 2 is 2.46 bits per heavy atom. The second-order valence-corrected chi connectivity index (χ2v) is 4.24. The van der Waals surface area contributed by atoms with E-state index < -0.39 is 0 Å². The Labute approximate surface area is 82.9 Å². The zero-order valence-corrected chi connectivity index (χ0v) is 8.92. The number of rotatable bonds is 5. The van der Waals surface area contributed by atoms with Gasteiger partial charge >= 0.3 is 0 Å². The molecule has 0 bridgehead atoms. The maximum absolute atomic E-state index is 5.92. The van der Waals surface area contributed by atoms with Crippen molar-refractivity contribution in [1.82, 2.24) is 14.8 Å². The molecule has 0 spiro atoms. The van der Waals surface area contributed by atoms with E-state index in [1.807, 2.05) is 18.8 Å². The van der Waals surface area contributed by atoms with E-state index in [2.05, 4.69) is 17.0 Å². The van der Waals surface area contributed by atoms with Gasteiger partial charge in [-0.15, -0.1) is 0 Å². The van der Waals surface area contributed by atoms with Gasteiger partial charge in [0.2, 0.25) is 0 Å². The van der Waals surface area contributed by atoms with Crippen LogP contribution >= 0.6 is 11.8 Å². The van der Waals surface area contributed by atoms with Crippen molar-refractivity contribution in [2.24, 2.45) is 12.8 Å². The fourth-order valence-electron chi connectivity index (χ4n) is 1.07. The smallest absolute Gasteiger partial charge is 0.138 e. The molecular weight excluding hydrogens is 184 g/mol. The molecule has 13 heavy (non-hydrogen) atoms. The molecule has 1 aromatic rings. The molecule has 1 aromatic heterocycles. The van der Waals surface area contributed by atoms with E-state index in [0.29, 0.717) is 0 Å². The predicted octanol–water partition coefficient (Wildman–Crippen LogP) is 0.438. The summed E-state index contributed by atoms with van der Waals surface area (Å²) in [6.45, 7) is 2.14. The molecule has 1 atom stereocenters. The molecule has 0 aliphatic rings. The van der Waals surface area contributed by atoms with Gasteiger partial charge in [-0.1, -0.05) is 6.92 Å². The van der Waals surface area contributed by atoms with Gasteiger partial charge in [-0.25, -0.2) is 4.98 Å². The Morgan fingerprint density at radius 1 is 1.69 bits per heavy atom. The van der Waals surface area contributed by atoms with Crippen molar-refractivity contribution in [2.45, 2.75) is 19.4 Å². The molecule has 0 aliphatic heterocycles. The van der Waals surface area contributed by atoms with Crippen molar-refractivity contribution in [2.75, 3.05) is 11.5 Å². The molecule has 5 heteroatoms. The van der Waals surface area contributed by atoms with Gasteiger partial charge in [0, 0.05) is 25.3 Å². The number of nitrogens with zero attached hydrogens (tertiary/aromatic N) is 3. The molecule has 74 valence electrons. The van der Waals surface area contributed by atoms with E-state index in [9.17, 15) is 0 Å². The summed E-state index contributed by atoms with van der Waals surface area (Å²) >= 11 is 1.86. The molecule has 0 saturated carbocycles. The van der Waals surface area contributed by atoms with Crippen LogP contribution in [0.25, 0.3) is 0 Å². The first-order chi connectivity index (χ1) is 6.24. The van der Waals surface area contributed by atoms with Gasteiger partial charge in [0.25, 0.3) is 0 Å². The molecule has 1 heterocycles. The third-order valence-electron chi connectivity index (χ3n) is 1.79. The number of hydrogen-bond acceptors (Lipinski definition) is 4. The van der Waals surface area contributed by atoms with Gasteiger partial charge in [0.15, 0.2) is 0 Å². The van der Waals surface area contributed by atoms with Crippen molar-refractivity contribution in [3.8, 4) is 0 Å². The lowest BCUT2D eigenvalue weighted by Crippen LogP contribution is -2.27. The monoisotopic (exact) mass is 200 g/mol. The first kappa shape index (κ1) is 10.5. The highest BCUT2D eigenvalue weighted by atomic mass is 32.2. The quantitative estimate of drug-likeness (QED) is 0.749. The molecule has 0 aliphatic carbocycles. The van der Waals surface area contributed by atoms with Crippen LogP contribution in [-0.2, 0) is 13.5 Å². The zero-order chi connectivity index (χ0) is 9.68. The Hall–Kier alpha value is -0.550. The molecule has 0 radical (unpaired) electrons. The Kier molecular flexibility index (Phi) is 4.24. The van der Waals surface area contributed by atoms with Gasteiger partial charge in [-0.05, 0) is 5.75 Å². The second-order valence-electron chi connectivity index (χ2n) is 2.92. The van der Waals surface area contributed by atoms with Crippen molar-refractivity contribution >= 4 is 11.8 Å². The average Bonchev–Trinajstić information content (AvgIpc) is 2.48. The summed E-state index contributed by atoms with van der Waals surface area (Å²) in [4.78, 5) is 4.13. The van der Waals surface area contributed by atoms with Crippen molar-refractivity contribution in [3.63, 3.8) is 0 Å². The first-order valence-electron chi connectivity index (χ1n) is 4.40. The summed E-state index contributed by atoms with van der Waals surface area (Å²) < 4.78 is 1.77. The highest BCUT2D eigenvalue weighted by molar-refractivity contribution is 7.99. The molecule has 1 unspecified atom stereocenters. The van der Waals surface area contributed by atoms with Crippen LogP contribution in [0.3, 0.4) is 0 Å². The van der Waals surface area contributed by atoms with E-state index in [4.69, 9.17) is 5.73 Å². The summed E-state index contributed by atoms with van der Waals surface area (Å²) in [6, 6.07) is 0.188. The summed E-state index contributed by atoms with van der Waals surface area (Å²) in [5, 5.41) is 3.99. The average molecular weight is 200 g/mol. The van der Waals surface area contributed by atoms with Gasteiger partial charge in [-0.3, -0.25) is 4.68 Å². The fraction of sp³-hybridized carbons (Fsp3) is 0.750. The number of aryl methyl sites for hydroxylation is 1. The van der Waals surface area contributed by atoms with Crippen LogP contribution in [0.4, 0.5) is 0 Å². The largest absolute Gasteiger partial charge is 0.327 e. The minimum absolute atomic E-state index is 0.188. The van der Waals surface area contributed by atoms with E-state index in [0.717, 1.165) is 23.8 Å². The van der Waals surface area contributed by atoms with Crippen molar-refractivity contribution < 1.29 is 0 Å². The van der Waals surface area contributed by atoms with E-state index in [-0.39, 0.29) is 6.04 Å². The van der Waals surface area contributed by atoms with Crippen molar-refractivity contribution in [3.05, 3.63) is 12.2 Å². The maximum atomic E-state index is 5.92. The number of hydrogen-bond donors (Lipinski definition) is 1. The molecular formula is C8H16N4S. The summed E-state index contributed by atoms with van der Waals surface area (Å²) in [6.07, 6.45) is 2.37. The maximum Gasteiger partial charge on any atom is 0.138 e. The SMILES string of the molecule is CCSCC(N)Cc1ncnn1C. The number of nitrogens with two attached hydrogens (primary N) is 1. The lowest BCUT2D eigenvalue weighted by molar-refractivity contribution is 0.643. The minimum atomic E-state index is 0.188. The molecule has 0 saturated heterocycles. The Bertz CT molecular complexity index is 248. The van der Waals surface area contributed by atoms with Crippen LogP contribution in [0, 0.1) is 0 Å². The Balaban J connectivity index is 2.36. The topological polar surface area (TPSA) is 56.7 Å². The van der Waals surface area contributed by atoms with Crippen LogP contribution in [0.1, 0.15) is 12.7 Å². The third kappa shape index (κ3) is 3.36. The van der Waals surface area contributed by atoms with Crippen LogP contribution in [0.15, 0.2) is 6.33 Å². The van der Waals surface area contributed by atoms with Gasteiger partial charge in [-0.2, -0.15) is 16.9 Å². The van der Waals surface area contributed by atoms with Crippen LogP contribution < -0.4 is 5.73 Å². The summed E-state index contributed by atoms with van der Waals surface area (Å²) in [7, 11) is 1.89. The molecule has 1 rings (SSSR count). The van der Waals surface area contributed by atoms with Crippen LogP contribution in [-0.4, -0.2) is 32.3 Å². The van der Waals surface area contributed by atoms with Gasteiger partial charge in [0.1, 0.15) is 12.2 Å². The van der Waals surface area contributed by atoms with Gasteiger partial charge in [0.05, 0.1) is 0 Å². The van der Waals surface area contributed by atoms with Crippen LogP contribution in [0.5, 0.6) is 0 Å². The van der Waals surface area contributed by atoms with E-state index in [1.165, 1.54) is 0 Å². The zero-order valence-electron chi connectivity index (χ0n) is 8.10. The fourth-order valence-corrected chi connectivity index (χ4v) is 1.72. The summed E-state index contributed by atoms with van der Waals surface area (Å²) in [5.74, 6) is 3.07. The van der Waals surface area contributed by atoms with Crippen LogP contribution in [0.2, 0.25) is 0 Å². The molecule has 0 amide bonds. The highest BCUT2D eigenvalue weighted by Crippen LogP contribution is 2.04. The van der Waals surface area contributed by atoms with Gasteiger partial charge < -0.3 is 5.73 Å². The summed E-state index contributed by atoms with van der Waals surface area (Å²) in [5.41, 5.74) is 5.92. The first-order valence-corrected chi connectivity index (χ1v) is 5.55. The van der Waals surface area contributed by atoms with Crippen molar-refractivity contribution in [1.29, 1.82) is 0 Å². The third-order valence-corrected chi connectivity index (χ3v) is 2.86. The lowest BCUT2D eigenvalue weighted by atomic mass is 10.2. The molecule has 0 aromatic carbocycles. The van der Waals surface area contributed by atoms with E-state index in [1.54, 1.807) is 11.0 Å². The normalized spacial score (nSPS) is 13.2. The molecule has 4 nitrogen and oxygen atoms in total. The predicted molar refractivity (Wildman–Crippen MR) is 55.7 cm³/mol. The Morgan fingerprint density at radius 3 is 3.00 bits per heavy atom. The number of thioether (sulfide) groups is 1. The molecule has 2 N–H and O–H groups in total. The minimum Gasteiger partial charge on any atom is -0.327 e.